The Morgan fingerprint density at radius 2 is 1.88 bits per heavy atom. The molecule has 0 fully saturated rings. The number of carbonyl (C=O) groups is 1. The molecule has 1 amide bonds. The van der Waals surface area contributed by atoms with Crippen molar-refractivity contribution in [2.24, 2.45) is 11.5 Å². The van der Waals surface area contributed by atoms with Crippen LogP contribution in [0.3, 0.4) is 0 Å². The zero-order valence-corrected chi connectivity index (χ0v) is 14.2. The molecule has 0 aliphatic rings. The first-order valence-electron chi connectivity index (χ1n) is 8.41. The Morgan fingerprint density at radius 1 is 1.12 bits per heavy atom. The lowest BCUT2D eigenvalue weighted by atomic mass is 10.1. The van der Waals surface area contributed by atoms with E-state index in [1.165, 1.54) is 0 Å². The molecule has 1 aromatic heterocycles. The second kappa shape index (κ2) is 9.61. The maximum absolute atomic E-state index is 12.1. The Bertz CT molecular complexity index is 677. The normalized spacial score (nSPS) is 11.8. The van der Waals surface area contributed by atoms with Gasteiger partial charge >= 0.3 is 0 Å². The van der Waals surface area contributed by atoms with Crippen LogP contribution in [-0.2, 0) is 11.3 Å². The molecule has 0 unspecified atom stereocenters. The number of benzene rings is 1. The number of para-hydroxylation sites is 1. The van der Waals surface area contributed by atoms with Gasteiger partial charge < -0.3 is 27.8 Å². The van der Waals surface area contributed by atoms with Crippen molar-refractivity contribution in [3.8, 4) is 0 Å². The van der Waals surface area contributed by atoms with Crippen molar-refractivity contribution in [2.75, 3.05) is 22.9 Å². The van der Waals surface area contributed by atoms with Gasteiger partial charge in [0.15, 0.2) is 0 Å². The number of nitrogens with one attached hydrogen (secondary N) is 2. The SMILES string of the molecule is NCCCC[C@H](N)C(=O)Nc1ccc(CNc2ccccc2)c(N)n1. The number of nitrogens with zero attached hydrogens (tertiary/aromatic N) is 1. The first-order valence-corrected chi connectivity index (χ1v) is 8.41. The zero-order chi connectivity index (χ0) is 18.1. The van der Waals surface area contributed by atoms with E-state index in [1.54, 1.807) is 6.07 Å². The van der Waals surface area contributed by atoms with Crippen LogP contribution in [0.5, 0.6) is 0 Å². The molecule has 0 saturated carbocycles. The number of pyridine rings is 1. The van der Waals surface area contributed by atoms with E-state index in [4.69, 9.17) is 17.2 Å². The van der Waals surface area contributed by atoms with Crippen LogP contribution >= 0.6 is 0 Å². The average molecular weight is 342 g/mol. The van der Waals surface area contributed by atoms with Gasteiger partial charge in [0.25, 0.3) is 0 Å². The lowest BCUT2D eigenvalue weighted by Crippen LogP contribution is -2.35. The maximum atomic E-state index is 12.1. The van der Waals surface area contributed by atoms with E-state index in [0.29, 0.717) is 31.1 Å². The van der Waals surface area contributed by atoms with E-state index in [2.05, 4.69) is 15.6 Å². The summed E-state index contributed by atoms with van der Waals surface area (Å²) in [4.78, 5) is 16.3. The van der Waals surface area contributed by atoms with Crippen LogP contribution in [0.15, 0.2) is 42.5 Å². The van der Waals surface area contributed by atoms with Crippen LogP contribution in [-0.4, -0.2) is 23.5 Å². The quantitative estimate of drug-likeness (QED) is 0.440. The molecule has 2 rings (SSSR count). The fourth-order valence-electron chi connectivity index (χ4n) is 2.33. The Labute approximate surface area is 148 Å². The summed E-state index contributed by atoms with van der Waals surface area (Å²) in [6.07, 6.45) is 2.28. The highest BCUT2D eigenvalue weighted by Crippen LogP contribution is 2.16. The summed E-state index contributed by atoms with van der Waals surface area (Å²) in [5.41, 5.74) is 19.1. The van der Waals surface area contributed by atoms with Gasteiger partial charge in [-0.25, -0.2) is 4.98 Å². The van der Waals surface area contributed by atoms with Gasteiger partial charge in [-0.05, 0) is 43.7 Å². The summed E-state index contributed by atoms with van der Waals surface area (Å²) < 4.78 is 0. The molecule has 7 nitrogen and oxygen atoms in total. The molecule has 8 N–H and O–H groups in total. The summed E-state index contributed by atoms with van der Waals surface area (Å²) in [5.74, 6) is 0.511. The van der Waals surface area contributed by atoms with Gasteiger partial charge in [-0.2, -0.15) is 0 Å². The number of anilines is 3. The van der Waals surface area contributed by atoms with E-state index in [0.717, 1.165) is 24.1 Å². The standard InChI is InChI=1S/C18H26N6O/c19-11-5-4-8-15(20)18(25)24-16-10-9-13(17(21)23-16)12-22-14-6-2-1-3-7-14/h1-3,6-7,9-10,15,22H,4-5,8,11-12,19-20H2,(H3,21,23,24,25)/t15-/m0/s1. The number of amides is 1. The third-order valence-electron chi connectivity index (χ3n) is 3.83. The van der Waals surface area contributed by atoms with Crippen molar-refractivity contribution in [3.05, 3.63) is 48.0 Å². The van der Waals surface area contributed by atoms with E-state index in [9.17, 15) is 4.79 Å². The van der Waals surface area contributed by atoms with E-state index >= 15 is 0 Å². The van der Waals surface area contributed by atoms with Gasteiger partial charge in [-0.3, -0.25) is 4.79 Å². The fraction of sp³-hybridized carbons (Fsp3) is 0.333. The van der Waals surface area contributed by atoms with Crippen LogP contribution in [0.25, 0.3) is 0 Å². The van der Waals surface area contributed by atoms with Crippen molar-refractivity contribution in [1.82, 2.24) is 4.98 Å². The number of nitrogens with two attached hydrogens (primary N) is 3. The van der Waals surface area contributed by atoms with Crippen molar-refractivity contribution >= 4 is 23.2 Å². The lowest BCUT2D eigenvalue weighted by Gasteiger charge is -2.13. The third kappa shape index (κ3) is 6.06. The summed E-state index contributed by atoms with van der Waals surface area (Å²) in [7, 11) is 0. The minimum Gasteiger partial charge on any atom is -0.383 e. The molecule has 1 atom stereocenters. The number of nitrogen functional groups attached to an aromatic ring is 1. The Balaban J connectivity index is 1.89. The first-order chi connectivity index (χ1) is 12.1. The number of hydrogen-bond donors (Lipinski definition) is 5. The Hall–Kier alpha value is -2.64. The Morgan fingerprint density at radius 3 is 2.56 bits per heavy atom. The second-order valence-corrected chi connectivity index (χ2v) is 5.84. The predicted octanol–water partition coefficient (Wildman–Crippen LogP) is 1.67. The molecular formula is C18H26N6O. The molecule has 0 bridgehead atoms. The number of aromatic nitrogens is 1. The first kappa shape index (κ1) is 18.7. The van der Waals surface area contributed by atoms with Crippen LogP contribution in [0, 0.1) is 0 Å². The molecular weight excluding hydrogens is 316 g/mol. The van der Waals surface area contributed by atoms with Crippen molar-refractivity contribution in [1.29, 1.82) is 0 Å². The molecule has 1 heterocycles. The minimum absolute atomic E-state index is 0.265. The lowest BCUT2D eigenvalue weighted by molar-refractivity contribution is -0.117. The van der Waals surface area contributed by atoms with E-state index < -0.39 is 6.04 Å². The van der Waals surface area contributed by atoms with Crippen molar-refractivity contribution < 1.29 is 4.79 Å². The molecule has 7 heteroatoms. The van der Waals surface area contributed by atoms with Gasteiger partial charge in [0.1, 0.15) is 11.6 Å². The second-order valence-electron chi connectivity index (χ2n) is 5.84. The van der Waals surface area contributed by atoms with Crippen LogP contribution in [0.2, 0.25) is 0 Å². The molecule has 134 valence electrons. The molecule has 0 saturated heterocycles. The fourth-order valence-corrected chi connectivity index (χ4v) is 2.33. The summed E-state index contributed by atoms with van der Waals surface area (Å²) >= 11 is 0. The number of rotatable bonds is 9. The van der Waals surface area contributed by atoms with Gasteiger partial charge in [0.05, 0.1) is 6.04 Å². The smallest absolute Gasteiger partial charge is 0.242 e. The van der Waals surface area contributed by atoms with Crippen LogP contribution in [0.1, 0.15) is 24.8 Å². The molecule has 0 spiro atoms. The highest BCUT2D eigenvalue weighted by molar-refractivity contribution is 5.94. The van der Waals surface area contributed by atoms with Gasteiger partial charge in [-0.15, -0.1) is 0 Å². The average Bonchev–Trinajstić information content (AvgIpc) is 2.62. The van der Waals surface area contributed by atoms with E-state index in [-0.39, 0.29) is 5.91 Å². The molecule has 2 aromatic rings. The van der Waals surface area contributed by atoms with Crippen LogP contribution < -0.4 is 27.8 Å². The van der Waals surface area contributed by atoms with Gasteiger partial charge in [-0.1, -0.05) is 24.6 Å². The number of unbranched alkanes of at least 4 members (excludes halogenated alkanes) is 1. The van der Waals surface area contributed by atoms with Crippen molar-refractivity contribution in [3.63, 3.8) is 0 Å². The molecule has 1 aromatic carbocycles. The predicted molar refractivity (Wildman–Crippen MR) is 102 cm³/mol. The molecule has 0 aliphatic heterocycles. The van der Waals surface area contributed by atoms with E-state index in [1.807, 2.05) is 36.4 Å². The maximum Gasteiger partial charge on any atom is 0.242 e. The van der Waals surface area contributed by atoms with Crippen molar-refractivity contribution in [2.45, 2.75) is 31.8 Å². The number of hydrogen-bond acceptors (Lipinski definition) is 6. The number of carbonyl (C=O) groups excluding carboxylic acids is 1. The molecule has 0 aliphatic carbocycles. The molecule has 25 heavy (non-hydrogen) atoms. The monoisotopic (exact) mass is 342 g/mol. The summed E-state index contributed by atoms with van der Waals surface area (Å²) in [6, 6.07) is 12.8. The topological polar surface area (TPSA) is 132 Å². The third-order valence-corrected chi connectivity index (χ3v) is 3.83. The highest BCUT2D eigenvalue weighted by atomic mass is 16.2. The summed E-state index contributed by atoms with van der Waals surface area (Å²) in [5, 5.41) is 5.98. The van der Waals surface area contributed by atoms with Crippen LogP contribution in [0.4, 0.5) is 17.3 Å². The van der Waals surface area contributed by atoms with Gasteiger partial charge in [0, 0.05) is 17.8 Å². The Kier molecular flexibility index (Phi) is 7.18. The zero-order valence-electron chi connectivity index (χ0n) is 14.2. The highest BCUT2D eigenvalue weighted by Gasteiger charge is 2.14. The molecule has 0 radical (unpaired) electrons. The minimum atomic E-state index is -0.575. The van der Waals surface area contributed by atoms with Gasteiger partial charge in [0.2, 0.25) is 5.91 Å². The largest absolute Gasteiger partial charge is 0.383 e. The summed E-state index contributed by atoms with van der Waals surface area (Å²) in [6.45, 7) is 1.15.